The van der Waals surface area contributed by atoms with Crippen molar-refractivity contribution in [1.29, 1.82) is 0 Å². The summed E-state index contributed by atoms with van der Waals surface area (Å²) in [6.45, 7) is 6.33. The Bertz CT molecular complexity index is 1680. The van der Waals surface area contributed by atoms with E-state index in [9.17, 15) is 14.7 Å². The highest BCUT2D eigenvalue weighted by Crippen LogP contribution is 2.30. The van der Waals surface area contributed by atoms with Gasteiger partial charge in [-0.05, 0) is 80.3 Å². The van der Waals surface area contributed by atoms with Crippen LogP contribution in [0.1, 0.15) is 47.3 Å². The minimum absolute atomic E-state index is 0.0728. The van der Waals surface area contributed by atoms with Crippen LogP contribution in [0.4, 0.5) is 0 Å². The number of aromatic nitrogens is 3. The molecule has 1 amide bonds. The van der Waals surface area contributed by atoms with Crippen molar-refractivity contribution in [2.24, 2.45) is 0 Å². The Morgan fingerprint density at radius 3 is 2.55 bits per heavy atom. The molecular formula is C31H33Cl2N5O4. The molecule has 11 heteroatoms. The molecule has 0 saturated carbocycles. The Labute approximate surface area is 253 Å². The maximum absolute atomic E-state index is 13.5. The predicted molar refractivity (Wildman–Crippen MR) is 163 cm³/mol. The summed E-state index contributed by atoms with van der Waals surface area (Å²) in [6, 6.07) is 14.6. The van der Waals surface area contributed by atoms with Gasteiger partial charge in [-0.3, -0.25) is 18.7 Å². The van der Waals surface area contributed by atoms with Crippen molar-refractivity contribution in [3.63, 3.8) is 0 Å². The first-order chi connectivity index (χ1) is 20.1. The predicted octanol–water partition coefficient (Wildman–Crippen LogP) is 4.52. The zero-order valence-corrected chi connectivity index (χ0v) is 25.0. The third-order valence-electron chi connectivity index (χ3n) is 8.36. The molecule has 4 aromatic rings. The van der Waals surface area contributed by atoms with Crippen LogP contribution in [0.15, 0.2) is 59.7 Å². The molecule has 4 heterocycles. The molecule has 6 rings (SSSR count). The van der Waals surface area contributed by atoms with Crippen LogP contribution in [0, 0.1) is 6.92 Å². The van der Waals surface area contributed by atoms with Gasteiger partial charge in [0.05, 0.1) is 36.3 Å². The summed E-state index contributed by atoms with van der Waals surface area (Å²) in [4.78, 5) is 32.7. The van der Waals surface area contributed by atoms with Crippen molar-refractivity contribution >= 4 is 40.1 Å². The average molecular weight is 611 g/mol. The number of aryl methyl sites for hydroxylation is 1. The van der Waals surface area contributed by atoms with Gasteiger partial charge in [0.1, 0.15) is 11.5 Å². The molecule has 9 nitrogen and oxygen atoms in total. The van der Waals surface area contributed by atoms with E-state index >= 15 is 0 Å². The first kappa shape index (κ1) is 28.9. The number of nitrogens with zero attached hydrogens (tertiary/aromatic N) is 4. The second-order valence-electron chi connectivity index (χ2n) is 11.4. The fourth-order valence-electron chi connectivity index (χ4n) is 5.90. The van der Waals surface area contributed by atoms with Crippen LogP contribution in [-0.2, 0) is 11.3 Å². The van der Waals surface area contributed by atoms with Gasteiger partial charge in [0.15, 0.2) is 5.65 Å². The van der Waals surface area contributed by atoms with E-state index in [0.717, 1.165) is 23.4 Å². The molecule has 2 saturated heterocycles. The molecule has 2 aromatic heterocycles. The molecule has 2 aliphatic heterocycles. The van der Waals surface area contributed by atoms with Gasteiger partial charge in [-0.1, -0.05) is 29.3 Å². The molecule has 2 fully saturated rings. The Balaban J connectivity index is 1.19. The molecule has 2 N–H and O–H groups in total. The number of ether oxygens (including phenoxy) is 1. The SMILES string of the molecule is Cc1cc(-n2c(Cl)cc3c(=O)n(CC4(O)CCN(C(=O)c5ccc(Cl)cc5)CC4)cnc32)ccc1C1CO[C@H](C)CN1. The van der Waals surface area contributed by atoms with E-state index < -0.39 is 5.60 Å². The fraction of sp³-hybridized carbons (Fsp3) is 0.387. The topological polar surface area (TPSA) is 102 Å². The van der Waals surface area contributed by atoms with E-state index in [4.69, 9.17) is 27.9 Å². The number of morpholine rings is 1. The van der Waals surface area contributed by atoms with E-state index in [-0.39, 0.29) is 30.2 Å². The Hall–Kier alpha value is -3.21. The number of fused-ring (bicyclic) bond motifs is 1. The van der Waals surface area contributed by atoms with E-state index in [1.54, 1.807) is 39.8 Å². The van der Waals surface area contributed by atoms with E-state index in [0.29, 0.717) is 59.3 Å². The number of aliphatic hydroxyl groups is 1. The van der Waals surface area contributed by atoms with Crippen molar-refractivity contribution < 1.29 is 14.6 Å². The van der Waals surface area contributed by atoms with Gasteiger partial charge in [0.25, 0.3) is 11.5 Å². The minimum Gasteiger partial charge on any atom is -0.388 e. The summed E-state index contributed by atoms with van der Waals surface area (Å²) in [5.74, 6) is -0.105. The largest absolute Gasteiger partial charge is 0.388 e. The molecule has 2 atom stereocenters. The minimum atomic E-state index is -1.15. The number of hydrogen-bond acceptors (Lipinski definition) is 6. The number of hydrogen-bond donors (Lipinski definition) is 2. The summed E-state index contributed by atoms with van der Waals surface area (Å²) >= 11 is 12.6. The number of likely N-dealkylation sites (tertiary alicyclic amines) is 1. The lowest BCUT2D eigenvalue weighted by molar-refractivity contribution is -0.0299. The van der Waals surface area contributed by atoms with Gasteiger partial charge in [0, 0.05) is 35.9 Å². The van der Waals surface area contributed by atoms with Gasteiger partial charge >= 0.3 is 0 Å². The fourth-order valence-corrected chi connectivity index (χ4v) is 6.31. The molecular weight excluding hydrogens is 577 g/mol. The van der Waals surface area contributed by atoms with Crippen molar-refractivity contribution in [2.75, 3.05) is 26.2 Å². The van der Waals surface area contributed by atoms with Crippen LogP contribution in [0.5, 0.6) is 0 Å². The zero-order valence-electron chi connectivity index (χ0n) is 23.5. The Morgan fingerprint density at radius 1 is 1.14 bits per heavy atom. The van der Waals surface area contributed by atoms with Crippen molar-refractivity contribution in [2.45, 2.75) is 51.0 Å². The van der Waals surface area contributed by atoms with Crippen LogP contribution in [0.3, 0.4) is 0 Å². The zero-order chi connectivity index (χ0) is 29.6. The smallest absolute Gasteiger partial charge is 0.262 e. The van der Waals surface area contributed by atoms with Crippen LogP contribution in [0.25, 0.3) is 16.7 Å². The maximum atomic E-state index is 13.5. The van der Waals surface area contributed by atoms with Crippen molar-refractivity contribution in [3.8, 4) is 5.69 Å². The highest BCUT2D eigenvalue weighted by molar-refractivity contribution is 6.31. The van der Waals surface area contributed by atoms with E-state index in [1.807, 2.05) is 19.1 Å². The van der Waals surface area contributed by atoms with Gasteiger partial charge < -0.3 is 20.1 Å². The van der Waals surface area contributed by atoms with Crippen molar-refractivity contribution in [1.82, 2.24) is 24.3 Å². The lowest BCUT2D eigenvalue weighted by atomic mass is 9.91. The molecule has 2 aromatic carbocycles. The number of rotatable bonds is 5. The molecule has 0 radical (unpaired) electrons. The summed E-state index contributed by atoms with van der Waals surface area (Å²) in [5.41, 5.74) is 2.62. The van der Waals surface area contributed by atoms with Crippen LogP contribution in [0.2, 0.25) is 10.2 Å². The standard InChI is InChI=1S/C31H33Cl2N5O4/c1-19-13-23(7-8-24(19)26-16-42-20(2)15-34-26)38-27(33)14-25-28(38)35-18-37(30(25)40)17-31(41)9-11-36(12-10-31)29(39)21-3-5-22(32)6-4-21/h3-8,13-14,18,20,26,34,41H,9-12,15-17H2,1-2H3/t20-,26?/m1/s1. The number of carbonyl (C=O) groups excluding carboxylic acids is 1. The highest BCUT2D eigenvalue weighted by Gasteiger charge is 2.35. The normalized spacial score (nSPS) is 20.6. The lowest BCUT2D eigenvalue weighted by Crippen LogP contribution is -2.49. The number of halogens is 2. The van der Waals surface area contributed by atoms with Crippen LogP contribution >= 0.6 is 23.2 Å². The molecule has 0 bridgehead atoms. The number of carbonyl (C=O) groups is 1. The monoisotopic (exact) mass is 609 g/mol. The van der Waals surface area contributed by atoms with Crippen LogP contribution < -0.4 is 10.9 Å². The average Bonchev–Trinajstić information content (AvgIpc) is 3.32. The summed E-state index contributed by atoms with van der Waals surface area (Å²) in [5, 5.41) is 16.2. The number of benzene rings is 2. The third-order valence-corrected chi connectivity index (χ3v) is 8.89. The lowest BCUT2D eigenvalue weighted by Gasteiger charge is -2.38. The molecule has 2 aliphatic rings. The van der Waals surface area contributed by atoms with E-state index in [1.165, 1.54) is 10.9 Å². The molecule has 220 valence electrons. The summed E-state index contributed by atoms with van der Waals surface area (Å²) in [6.07, 6.45) is 2.33. The molecule has 0 aliphatic carbocycles. The quantitative estimate of drug-likeness (QED) is 0.345. The molecule has 0 spiro atoms. The van der Waals surface area contributed by atoms with Gasteiger partial charge in [-0.15, -0.1) is 0 Å². The number of nitrogens with one attached hydrogen (secondary N) is 1. The second kappa shape index (κ2) is 11.5. The Morgan fingerprint density at radius 2 is 1.88 bits per heavy atom. The van der Waals surface area contributed by atoms with Gasteiger partial charge in [-0.2, -0.15) is 0 Å². The summed E-state index contributed by atoms with van der Waals surface area (Å²) < 4.78 is 9.03. The molecule has 1 unspecified atom stereocenters. The third kappa shape index (κ3) is 5.59. The van der Waals surface area contributed by atoms with Crippen LogP contribution in [-0.4, -0.2) is 68.0 Å². The van der Waals surface area contributed by atoms with Gasteiger partial charge in [-0.25, -0.2) is 4.98 Å². The Kier molecular flexibility index (Phi) is 7.89. The van der Waals surface area contributed by atoms with Gasteiger partial charge in [0.2, 0.25) is 0 Å². The summed E-state index contributed by atoms with van der Waals surface area (Å²) in [7, 11) is 0. The number of amides is 1. The second-order valence-corrected chi connectivity index (χ2v) is 12.2. The van der Waals surface area contributed by atoms with E-state index in [2.05, 4.69) is 23.3 Å². The first-order valence-corrected chi connectivity index (χ1v) is 14.9. The maximum Gasteiger partial charge on any atom is 0.262 e. The number of piperidine rings is 1. The first-order valence-electron chi connectivity index (χ1n) is 14.1. The highest BCUT2D eigenvalue weighted by atomic mass is 35.5. The molecule has 42 heavy (non-hydrogen) atoms. The van der Waals surface area contributed by atoms with Crippen molar-refractivity contribution in [3.05, 3.63) is 92.1 Å².